The highest BCUT2D eigenvalue weighted by atomic mass is 32.2. The standard InChI is InChI=1S/C26H25N3O4S/c1-32-20-14-12-18(13-15-20)17-27-26(28-19-8-4-3-5-9-19)34-23-16-24(30)29(25(23)31)21-10-6-7-11-22(21)33-2/h3-15,23H,16-17H2,1-2H3,(H,27,28)/t23-/m1/s1. The molecule has 3 aromatic rings. The molecule has 3 aromatic carbocycles. The average molecular weight is 476 g/mol. The summed E-state index contributed by atoms with van der Waals surface area (Å²) >= 11 is 1.26. The van der Waals surface area contributed by atoms with Crippen LogP contribution in [0, 0.1) is 0 Å². The number of methoxy groups -OCH3 is 2. The lowest BCUT2D eigenvalue weighted by atomic mass is 10.2. The van der Waals surface area contributed by atoms with E-state index in [-0.39, 0.29) is 18.2 Å². The number of aliphatic imine (C=N–C) groups is 1. The number of carbonyl (C=O) groups is 2. The van der Waals surface area contributed by atoms with Gasteiger partial charge in [-0.25, -0.2) is 4.90 Å². The number of anilines is 2. The van der Waals surface area contributed by atoms with Gasteiger partial charge in [0.25, 0.3) is 0 Å². The minimum absolute atomic E-state index is 0.0829. The number of thioether (sulfide) groups is 1. The fourth-order valence-electron chi connectivity index (χ4n) is 3.54. The third-order valence-corrected chi connectivity index (χ3v) is 6.38. The molecule has 0 bridgehead atoms. The topological polar surface area (TPSA) is 80.2 Å². The van der Waals surface area contributed by atoms with E-state index in [0.717, 1.165) is 17.0 Å². The van der Waals surface area contributed by atoms with Crippen LogP contribution in [0.1, 0.15) is 12.0 Å². The predicted octanol–water partition coefficient (Wildman–Crippen LogP) is 4.74. The van der Waals surface area contributed by atoms with Gasteiger partial charge in [0.1, 0.15) is 16.7 Å². The van der Waals surface area contributed by atoms with Gasteiger partial charge in [0.05, 0.1) is 26.5 Å². The largest absolute Gasteiger partial charge is 0.497 e. The van der Waals surface area contributed by atoms with Crippen LogP contribution in [0.5, 0.6) is 11.5 Å². The smallest absolute Gasteiger partial charge is 0.248 e. The lowest BCUT2D eigenvalue weighted by Gasteiger charge is -2.18. The van der Waals surface area contributed by atoms with E-state index in [9.17, 15) is 9.59 Å². The second kappa shape index (κ2) is 10.9. The maximum absolute atomic E-state index is 13.2. The van der Waals surface area contributed by atoms with E-state index in [1.165, 1.54) is 23.8 Å². The molecule has 0 aliphatic carbocycles. The number of rotatable bonds is 7. The molecule has 0 saturated carbocycles. The van der Waals surface area contributed by atoms with Crippen molar-refractivity contribution in [1.82, 2.24) is 0 Å². The van der Waals surface area contributed by atoms with Crippen molar-refractivity contribution in [2.24, 2.45) is 4.99 Å². The van der Waals surface area contributed by atoms with Crippen LogP contribution < -0.4 is 19.7 Å². The first-order valence-electron chi connectivity index (χ1n) is 10.7. The maximum Gasteiger partial charge on any atom is 0.248 e. The Bertz CT molecular complexity index is 1180. The maximum atomic E-state index is 13.2. The highest BCUT2D eigenvalue weighted by Gasteiger charge is 2.41. The zero-order chi connectivity index (χ0) is 23.9. The Hall–Kier alpha value is -3.78. The fraction of sp³-hybridized carbons (Fsp3) is 0.192. The molecule has 34 heavy (non-hydrogen) atoms. The summed E-state index contributed by atoms with van der Waals surface area (Å²) in [7, 11) is 3.14. The average Bonchev–Trinajstić information content (AvgIpc) is 3.15. The second-order valence-corrected chi connectivity index (χ2v) is 8.70. The van der Waals surface area contributed by atoms with Crippen molar-refractivity contribution in [1.29, 1.82) is 0 Å². The Kier molecular flexibility index (Phi) is 7.49. The van der Waals surface area contributed by atoms with Crippen LogP contribution in [-0.2, 0) is 16.1 Å². The van der Waals surface area contributed by atoms with Crippen LogP contribution in [0.3, 0.4) is 0 Å². The molecule has 4 rings (SSSR count). The summed E-state index contributed by atoms with van der Waals surface area (Å²) in [6.45, 7) is 0.414. The van der Waals surface area contributed by atoms with E-state index in [4.69, 9.17) is 14.5 Å². The number of benzene rings is 3. The summed E-state index contributed by atoms with van der Waals surface area (Å²) in [4.78, 5) is 32.0. The lowest BCUT2D eigenvalue weighted by molar-refractivity contribution is -0.121. The van der Waals surface area contributed by atoms with E-state index in [1.54, 1.807) is 31.4 Å². The molecule has 0 aromatic heterocycles. The Labute approximate surface area is 202 Å². The summed E-state index contributed by atoms with van der Waals surface area (Å²) in [6, 6.07) is 24.3. The number of ether oxygens (including phenoxy) is 2. The molecule has 174 valence electrons. The number of nitrogens with zero attached hydrogens (tertiary/aromatic N) is 2. The predicted molar refractivity (Wildman–Crippen MR) is 136 cm³/mol. The molecule has 8 heteroatoms. The molecule has 1 heterocycles. The minimum atomic E-state index is -0.594. The van der Waals surface area contributed by atoms with Crippen LogP contribution in [-0.4, -0.2) is 36.5 Å². The number of hydrogen-bond donors (Lipinski definition) is 1. The zero-order valence-electron chi connectivity index (χ0n) is 18.9. The summed E-state index contributed by atoms with van der Waals surface area (Å²) in [5.41, 5.74) is 2.30. The lowest BCUT2D eigenvalue weighted by Crippen LogP contribution is -2.32. The van der Waals surface area contributed by atoms with Crippen molar-refractivity contribution in [3.05, 3.63) is 84.4 Å². The highest BCUT2D eigenvalue weighted by molar-refractivity contribution is 8.15. The number of amidine groups is 1. The Morgan fingerprint density at radius 1 is 0.971 bits per heavy atom. The molecule has 0 spiro atoms. The van der Waals surface area contributed by atoms with E-state index < -0.39 is 5.25 Å². The van der Waals surface area contributed by atoms with Gasteiger partial charge in [-0.15, -0.1) is 0 Å². The molecule has 0 unspecified atom stereocenters. The molecular weight excluding hydrogens is 450 g/mol. The minimum Gasteiger partial charge on any atom is -0.497 e. The molecule has 2 amide bonds. The summed E-state index contributed by atoms with van der Waals surface area (Å²) in [5.74, 6) is 0.703. The summed E-state index contributed by atoms with van der Waals surface area (Å²) in [6.07, 6.45) is 0.0829. The van der Waals surface area contributed by atoms with Crippen LogP contribution in [0.2, 0.25) is 0 Å². The van der Waals surface area contributed by atoms with E-state index in [1.807, 2.05) is 54.6 Å². The van der Waals surface area contributed by atoms with Gasteiger partial charge in [0, 0.05) is 12.1 Å². The molecular formula is C26H25N3O4S. The van der Waals surface area contributed by atoms with Gasteiger partial charge in [0.15, 0.2) is 5.17 Å². The highest BCUT2D eigenvalue weighted by Crippen LogP contribution is 2.35. The number of hydrogen-bond acceptors (Lipinski definition) is 6. The third kappa shape index (κ3) is 5.40. The van der Waals surface area contributed by atoms with Gasteiger partial charge in [0.2, 0.25) is 11.8 Å². The van der Waals surface area contributed by atoms with Crippen molar-refractivity contribution < 1.29 is 19.1 Å². The number of para-hydroxylation sites is 3. The van der Waals surface area contributed by atoms with Crippen LogP contribution >= 0.6 is 11.8 Å². The van der Waals surface area contributed by atoms with Crippen LogP contribution in [0.25, 0.3) is 0 Å². The normalized spacial score (nSPS) is 16.0. The van der Waals surface area contributed by atoms with Crippen molar-refractivity contribution >= 4 is 40.1 Å². The molecule has 1 atom stereocenters. The van der Waals surface area contributed by atoms with Gasteiger partial charge in [-0.1, -0.05) is 54.2 Å². The Morgan fingerprint density at radius 3 is 2.38 bits per heavy atom. The number of nitrogens with one attached hydrogen (secondary N) is 1. The van der Waals surface area contributed by atoms with Crippen molar-refractivity contribution in [3.8, 4) is 11.5 Å². The monoisotopic (exact) mass is 475 g/mol. The Balaban J connectivity index is 1.55. The quantitative estimate of drug-likeness (QED) is 0.302. The molecule has 1 N–H and O–H groups in total. The number of imide groups is 1. The molecule has 0 radical (unpaired) electrons. The fourth-order valence-corrected chi connectivity index (χ4v) is 4.56. The molecule has 1 saturated heterocycles. The summed E-state index contributed by atoms with van der Waals surface area (Å²) < 4.78 is 10.6. The van der Waals surface area contributed by atoms with Crippen LogP contribution in [0.15, 0.2) is 83.9 Å². The first-order valence-corrected chi connectivity index (χ1v) is 11.6. The first kappa shape index (κ1) is 23.4. The van der Waals surface area contributed by atoms with Gasteiger partial charge in [-0.3, -0.25) is 14.6 Å². The first-order chi connectivity index (χ1) is 16.6. The zero-order valence-corrected chi connectivity index (χ0v) is 19.7. The van der Waals surface area contributed by atoms with Gasteiger partial charge >= 0.3 is 0 Å². The van der Waals surface area contributed by atoms with Gasteiger partial charge in [-0.05, 0) is 42.0 Å². The number of amides is 2. The summed E-state index contributed by atoms with van der Waals surface area (Å²) in [5, 5.41) is 3.26. The molecule has 1 aliphatic rings. The van der Waals surface area contributed by atoms with E-state index >= 15 is 0 Å². The van der Waals surface area contributed by atoms with Gasteiger partial charge in [-0.2, -0.15) is 0 Å². The SMILES string of the molecule is COc1ccc(CN=C(Nc2ccccc2)S[C@@H]2CC(=O)N(c3ccccc3OC)C2=O)cc1. The van der Waals surface area contributed by atoms with Crippen LogP contribution in [0.4, 0.5) is 11.4 Å². The van der Waals surface area contributed by atoms with Crippen molar-refractivity contribution in [2.45, 2.75) is 18.2 Å². The van der Waals surface area contributed by atoms with Gasteiger partial charge < -0.3 is 14.8 Å². The van der Waals surface area contributed by atoms with E-state index in [2.05, 4.69) is 5.32 Å². The third-order valence-electron chi connectivity index (χ3n) is 5.27. The number of carbonyl (C=O) groups excluding carboxylic acids is 2. The van der Waals surface area contributed by atoms with E-state index in [0.29, 0.717) is 23.1 Å². The molecule has 7 nitrogen and oxygen atoms in total. The Morgan fingerprint density at radius 2 is 1.68 bits per heavy atom. The van der Waals surface area contributed by atoms with Crippen molar-refractivity contribution in [3.63, 3.8) is 0 Å². The second-order valence-electron chi connectivity index (χ2n) is 7.51. The molecule has 1 fully saturated rings. The van der Waals surface area contributed by atoms with Crippen molar-refractivity contribution in [2.75, 3.05) is 24.4 Å². The molecule has 1 aliphatic heterocycles.